The third-order valence-corrected chi connectivity index (χ3v) is 4.40. The van der Waals surface area contributed by atoms with Gasteiger partial charge in [-0.2, -0.15) is 5.10 Å². The molecule has 0 aliphatic heterocycles. The highest BCUT2D eigenvalue weighted by Gasteiger charge is 2.14. The lowest BCUT2D eigenvalue weighted by Gasteiger charge is -2.13. The van der Waals surface area contributed by atoms with Crippen LogP contribution >= 0.6 is 27.5 Å². The van der Waals surface area contributed by atoms with Gasteiger partial charge in [-0.15, -0.1) is 0 Å². The molecule has 0 spiro atoms. The second-order valence-electron chi connectivity index (χ2n) is 4.38. The fourth-order valence-corrected chi connectivity index (χ4v) is 2.67. The first-order valence-electron chi connectivity index (χ1n) is 6.40. The van der Waals surface area contributed by atoms with Crippen LogP contribution in [-0.2, 0) is 19.7 Å². The molecule has 1 aromatic carbocycles. The third-order valence-electron chi connectivity index (χ3n) is 3.07. The normalized spacial score (nSPS) is 10.8. The van der Waals surface area contributed by atoms with Gasteiger partial charge in [0.2, 0.25) is 0 Å². The summed E-state index contributed by atoms with van der Waals surface area (Å²) in [5.41, 5.74) is 8.55. The van der Waals surface area contributed by atoms with Crippen LogP contribution in [0, 0.1) is 6.92 Å². The van der Waals surface area contributed by atoms with Crippen molar-refractivity contribution in [2.45, 2.75) is 33.5 Å². The van der Waals surface area contributed by atoms with Crippen molar-refractivity contribution in [1.29, 1.82) is 0 Å². The third kappa shape index (κ3) is 3.00. The molecule has 0 atom stereocenters. The number of ether oxygens (including phenoxy) is 1. The van der Waals surface area contributed by atoms with E-state index in [9.17, 15) is 0 Å². The number of hydrogen-bond acceptors (Lipinski definition) is 3. The molecule has 2 rings (SSSR count). The summed E-state index contributed by atoms with van der Waals surface area (Å²) in [5, 5.41) is 5.01. The first kappa shape index (κ1) is 15.4. The van der Waals surface area contributed by atoms with Crippen LogP contribution in [0.1, 0.15) is 23.9 Å². The molecule has 6 heteroatoms. The maximum absolute atomic E-state index is 6.18. The van der Waals surface area contributed by atoms with Crippen LogP contribution in [0.3, 0.4) is 0 Å². The molecular weight excluding hydrogens is 342 g/mol. The van der Waals surface area contributed by atoms with E-state index >= 15 is 0 Å². The molecule has 0 radical (unpaired) electrons. The fourth-order valence-electron chi connectivity index (χ4n) is 2.02. The first-order valence-corrected chi connectivity index (χ1v) is 7.57. The summed E-state index contributed by atoms with van der Waals surface area (Å²) in [4.78, 5) is 0. The monoisotopic (exact) mass is 357 g/mol. The predicted molar refractivity (Wildman–Crippen MR) is 84.0 cm³/mol. The summed E-state index contributed by atoms with van der Waals surface area (Å²) < 4.78 is 8.77. The highest BCUT2D eigenvalue weighted by molar-refractivity contribution is 9.10. The smallest absolute Gasteiger partial charge is 0.142 e. The van der Waals surface area contributed by atoms with Crippen LogP contribution in [0.5, 0.6) is 5.75 Å². The maximum Gasteiger partial charge on any atom is 0.142 e. The molecule has 0 saturated carbocycles. The van der Waals surface area contributed by atoms with E-state index in [2.05, 4.69) is 21.0 Å². The lowest BCUT2D eigenvalue weighted by molar-refractivity contribution is 0.289. The summed E-state index contributed by atoms with van der Waals surface area (Å²) in [7, 11) is 0. The minimum absolute atomic E-state index is 0.392. The highest BCUT2D eigenvalue weighted by atomic mass is 79.9. The second kappa shape index (κ2) is 6.61. The molecule has 0 saturated heterocycles. The molecule has 4 nitrogen and oxygen atoms in total. The first-order chi connectivity index (χ1) is 9.58. The molecule has 0 unspecified atom stereocenters. The summed E-state index contributed by atoms with van der Waals surface area (Å²) >= 11 is 9.73. The van der Waals surface area contributed by atoms with Crippen LogP contribution in [0.4, 0.5) is 0 Å². The number of nitrogens with zero attached hydrogens (tertiary/aromatic N) is 2. The Morgan fingerprint density at radius 3 is 2.85 bits per heavy atom. The van der Waals surface area contributed by atoms with Crippen LogP contribution in [0.15, 0.2) is 22.7 Å². The molecule has 0 amide bonds. The van der Waals surface area contributed by atoms with Crippen LogP contribution in [-0.4, -0.2) is 9.78 Å². The van der Waals surface area contributed by atoms with E-state index in [-0.39, 0.29) is 0 Å². The average Bonchev–Trinajstić information content (AvgIpc) is 2.72. The zero-order valence-corrected chi connectivity index (χ0v) is 13.8. The van der Waals surface area contributed by atoms with Crippen molar-refractivity contribution in [1.82, 2.24) is 9.78 Å². The molecule has 108 valence electrons. The number of hydrogen-bond donors (Lipinski definition) is 1. The largest absolute Gasteiger partial charge is 0.485 e. The predicted octanol–water partition coefficient (Wildman–Crippen LogP) is 3.67. The quantitative estimate of drug-likeness (QED) is 0.887. The Hall–Kier alpha value is -1.04. The summed E-state index contributed by atoms with van der Waals surface area (Å²) in [6, 6.07) is 5.58. The molecule has 1 heterocycles. The molecule has 20 heavy (non-hydrogen) atoms. The van der Waals surface area contributed by atoms with Crippen molar-refractivity contribution < 1.29 is 4.74 Å². The fraction of sp³-hybridized carbons (Fsp3) is 0.357. The van der Waals surface area contributed by atoms with Crippen LogP contribution < -0.4 is 10.5 Å². The van der Waals surface area contributed by atoms with Gasteiger partial charge < -0.3 is 10.5 Å². The number of rotatable bonds is 5. The number of benzene rings is 1. The Labute approximate surface area is 132 Å². The average molecular weight is 359 g/mol. The van der Waals surface area contributed by atoms with Gasteiger partial charge in [-0.3, -0.25) is 4.68 Å². The van der Waals surface area contributed by atoms with Gasteiger partial charge in [-0.25, -0.2) is 0 Å². The van der Waals surface area contributed by atoms with Crippen molar-refractivity contribution >= 4 is 27.5 Å². The Morgan fingerprint density at radius 1 is 1.45 bits per heavy atom. The van der Waals surface area contributed by atoms with Crippen molar-refractivity contribution in [2.24, 2.45) is 5.73 Å². The van der Waals surface area contributed by atoms with E-state index in [1.807, 2.05) is 30.7 Å². The van der Waals surface area contributed by atoms with Gasteiger partial charge in [0.15, 0.2) is 0 Å². The van der Waals surface area contributed by atoms with Crippen LogP contribution in [0.2, 0.25) is 5.02 Å². The molecule has 1 aromatic heterocycles. The second-order valence-corrected chi connectivity index (χ2v) is 5.58. The van der Waals surface area contributed by atoms with E-state index in [0.717, 1.165) is 28.0 Å². The molecule has 2 N–H and O–H groups in total. The topological polar surface area (TPSA) is 53.1 Å². The van der Waals surface area contributed by atoms with Gasteiger partial charge >= 0.3 is 0 Å². The van der Waals surface area contributed by atoms with E-state index in [1.165, 1.54) is 0 Å². The van der Waals surface area contributed by atoms with Gasteiger partial charge in [-0.05, 0) is 35.8 Å². The van der Waals surface area contributed by atoms with Gasteiger partial charge in [0, 0.05) is 18.7 Å². The van der Waals surface area contributed by atoms with Gasteiger partial charge in [0.1, 0.15) is 12.4 Å². The highest BCUT2D eigenvalue weighted by Crippen LogP contribution is 2.30. The van der Waals surface area contributed by atoms with Crippen molar-refractivity contribution in [3.63, 3.8) is 0 Å². The standard InChI is InChI=1S/C14H17BrClN3O/c1-3-19-12(13(15)9(2)18-19)8-20-14-10(7-17)5-4-6-11(14)16/h4-6H,3,7-8,17H2,1-2H3. The van der Waals surface area contributed by atoms with Crippen molar-refractivity contribution in [3.8, 4) is 5.75 Å². The SMILES string of the molecule is CCn1nc(C)c(Br)c1COc1c(Cl)cccc1CN. The van der Waals surface area contributed by atoms with Crippen molar-refractivity contribution in [2.75, 3.05) is 0 Å². The molecule has 0 aliphatic rings. The lowest BCUT2D eigenvalue weighted by atomic mass is 10.2. The number of aryl methyl sites for hydroxylation is 2. The molecule has 0 bridgehead atoms. The number of para-hydroxylation sites is 1. The zero-order chi connectivity index (χ0) is 14.7. The Bertz CT molecular complexity index is 613. The Morgan fingerprint density at radius 2 is 2.20 bits per heavy atom. The maximum atomic E-state index is 6.18. The zero-order valence-electron chi connectivity index (χ0n) is 11.5. The molecule has 2 aromatic rings. The summed E-state index contributed by atoms with van der Waals surface area (Å²) in [6.07, 6.45) is 0. The van der Waals surface area contributed by atoms with Crippen molar-refractivity contribution in [3.05, 3.63) is 44.6 Å². The number of nitrogens with two attached hydrogens (primary N) is 1. The molecule has 0 aliphatic carbocycles. The van der Waals surface area contributed by atoms with Gasteiger partial charge in [0.25, 0.3) is 0 Å². The lowest BCUT2D eigenvalue weighted by Crippen LogP contribution is -2.08. The molecular formula is C14H17BrClN3O. The Balaban J connectivity index is 2.25. The minimum atomic E-state index is 0.392. The van der Waals surface area contributed by atoms with E-state index in [1.54, 1.807) is 6.07 Å². The number of aromatic nitrogens is 2. The molecule has 0 fully saturated rings. The van der Waals surface area contributed by atoms with Gasteiger partial charge in [-0.1, -0.05) is 23.7 Å². The number of halogens is 2. The van der Waals surface area contributed by atoms with Crippen LogP contribution in [0.25, 0.3) is 0 Å². The van der Waals surface area contributed by atoms with E-state index < -0.39 is 0 Å². The minimum Gasteiger partial charge on any atom is -0.485 e. The Kier molecular flexibility index (Phi) is 5.07. The summed E-state index contributed by atoms with van der Waals surface area (Å²) in [6.45, 7) is 5.58. The van der Waals surface area contributed by atoms with E-state index in [0.29, 0.717) is 23.9 Å². The van der Waals surface area contributed by atoms with E-state index in [4.69, 9.17) is 22.1 Å². The van der Waals surface area contributed by atoms with Gasteiger partial charge in [0.05, 0.1) is 20.9 Å². The summed E-state index contributed by atoms with van der Waals surface area (Å²) in [5.74, 6) is 0.644.